The summed E-state index contributed by atoms with van der Waals surface area (Å²) in [4.78, 5) is 21.5. The largest absolute Gasteiger partial charge is 0.416 e. The zero-order valence-corrected chi connectivity index (χ0v) is 22.4. The second kappa shape index (κ2) is 13.8. The van der Waals surface area contributed by atoms with Crippen LogP contribution in [0.25, 0.3) is 0 Å². The quantitative estimate of drug-likeness (QED) is 0.154. The van der Waals surface area contributed by atoms with Gasteiger partial charge in [0.2, 0.25) is 0 Å². The summed E-state index contributed by atoms with van der Waals surface area (Å²) in [6, 6.07) is 1.65. The van der Waals surface area contributed by atoms with E-state index in [1.165, 1.54) is 0 Å². The van der Waals surface area contributed by atoms with Crippen LogP contribution in [0.2, 0.25) is 50.4 Å². The fourth-order valence-corrected chi connectivity index (χ4v) is 21.2. The fourth-order valence-electron chi connectivity index (χ4n) is 3.35. The highest BCUT2D eigenvalue weighted by Crippen LogP contribution is 2.31. The molecule has 9 nitrogen and oxygen atoms in total. The van der Waals surface area contributed by atoms with E-state index in [0.29, 0.717) is 49.9 Å². The maximum Gasteiger partial charge on any atom is 0.323 e. The molecule has 0 aromatic heterocycles. The molecule has 6 N–H and O–H groups in total. The van der Waals surface area contributed by atoms with Crippen molar-refractivity contribution in [1.29, 1.82) is 0 Å². The highest BCUT2D eigenvalue weighted by atomic mass is 28.5. The van der Waals surface area contributed by atoms with E-state index in [1.54, 1.807) is 13.1 Å². The minimum absolute atomic E-state index is 0.0334. The topological polar surface area (TPSA) is 149 Å². The summed E-state index contributed by atoms with van der Waals surface area (Å²) >= 11 is 0. The van der Waals surface area contributed by atoms with E-state index < -0.39 is 34.2 Å². The molecule has 0 saturated carbocycles. The van der Waals surface area contributed by atoms with Crippen molar-refractivity contribution in [3.8, 4) is 0 Å². The zero-order chi connectivity index (χ0) is 22.6. The average Bonchev–Trinajstić information content (AvgIpc) is 2.60. The van der Waals surface area contributed by atoms with E-state index in [9.17, 15) is 19.8 Å². The summed E-state index contributed by atoms with van der Waals surface area (Å²) in [6.45, 7) is 6.86. The van der Waals surface area contributed by atoms with Crippen LogP contribution in [-0.4, -0.2) is 90.7 Å². The molecule has 0 aliphatic carbocycles. The molecule has 176 valence electrons. The zero-order valence-electron chi connectivity index (χ0n) is 18.4. The first-order chi connectivity index (χ1) is 13.4. The fraction of sp³-hybridized carbons (Fsp3) is 1.00. The molecular weight excluding hydrogens is 449 g/mol. The standard InChI is InChI=1S/C16H42O9Si4/c1-26(21,13-5-9-17)23-28(3,15-7-11-19)25-29(4,16-8-12-20)24-27(2,22)14-6-10-18/h17-22H,5-16H2,1-4H3. The van der Waals surface area contributed by atoms with Gasteiger partial charge in [-0.2, -0.15) is 0 Å². The molecule has 0 amide bonds. The van der Waals surface area contributed by atoms with Gasteiger partial charge in [-0.25, -0.2) is 0 Å². The molecule has 0 aromatic rings. The van der Waals surface area contributed by atoms with Crippen LogP contribution in [0.5, 0.6) is 0 Å². The summed E-state index contributed by atoms with van der Waals surface area (Å²) in [6.07, 6.45) is 1.77. The van der Waals surface area contributed by atoms with E-state index >= 15 is 0 Å². The number of aliphatic hydroxyl groups excluding tert-OH is 4. The van der Waals surface area contributed by atoms with Crippen molar-refractivity contribution in [3.05, 3.63) is 0 Å². The molecule has 4 unspecified atom stereocenters. The van der Waals surface area contributed by atoms with E-state index in [2.05, 4.69) is 0 Å². The Bertz CT molecular complexity index is 407. The molecular formula is C16H42O9Si4. The van der Waals surface area contributed by atoms with Gasteiger partial charge in [0.25, 0.3) is 0 Å². The van der Waals surface area contributed by atoms with Gasteiger partial charge in [-0.15, -0.1) is 0 Å². The first-order valence-corrected chi connectivity index (χ1v) is 20.5. The minimum atomic E-state index is -3.09. The van der Waals surface area contributed by atoms with Gasteiger partial charge in [0.05, 0.1) is 0 Å². The molecule has 0 saturated heterocycles. The van der Waals surface area contributed by atoms with Crippen LogP contribution >= 0.6 is 0 Å². The predicted octanol–water partition coefficient (Wildman–Crippen LogP) is 0.838. The van der Waals surface area contributed by atoms with Crippen LogP contribution in [0.4, 0.5) is 0 Å². The molecule has 0 fully saturated rings. The minimum Gasteiger partial charge on any atom is -0.416 e. The van der Waals surface area contributed by atoms with Crippen LogP contribution < -0.4 is 0 Å². The summed E-state index contributed by atoms with van der Waals surface area (Å²) in [5.41, 5.74) is 0. The van der Waals surface area contributed by atoms with Crippen LogP contribution in [0.1, 0.15) is 25.7 Å². The third-order valence-electron chi connectivity index (χ3n) is 4.48. The van der Waals surface area contributed by atoms with Crippen LogP contribution in [0.3, 0.4) is 0 Å². The third kappa shape index (κ3) is 13.5. The monoisotopic (exact) mass is 490 g/mol. The molecule has 0 aliphatic rings. The van der Waals surface area contributed by atoms with Crippen molar-refractivity contribution in [2.24, 2.45) is 0 Å². The molecule has 0 bridgehead atoms. The molecule has 0 aromatic carbocycles. The summed E-state index contributed by atoms with van der Waals surface area (Å²) in [5, 5.41) is 36.8. The second-order valence-electron chi connectivity index (χ2n) is 8.23. The maximum atomic E-state index is 10.8. The predicted molar refractivity (Wildman–Crippen MR) is 120 cm³/mol. The summed E-state index contributed by atoms with van der Waals surface area (Å²) < 4.78 is 18.8. The third-order valence-corrected chi connectivity index (χ3v) is 20.0. The Morgan fingerprint density at radius 1 is 0.483 bits per heavy atom. The van der Waals surface area contributed by atoms with Crippen molar-refractivity contribution in [3.63, 3.8) is 0 Å². The van der Waals surface area contributed by atoms with Gasteiger partial charge < -0.3 is 42.4 Å². The van der Waals surface area contributed by atoms with Crippen LogP contribution in [0.15, 0.2) is 0 Å². The number of hydrogen-bond acceptors (Lipinski definition) is 9. The molecule has 4 atom stereocenters. The number of aliphatic hydroxyl groups is 4. The first kappa shape index (κ1) is 29.5. The van der Waals surface area contributed by atoms with Crippen molar-refractivity contribution in [2.45, 2.75) is 76.0 Å². The maximum absolute atomic E-state index is 10.8. The Morgan fingerprint density at radius 2 is 0.759 bits per heavy atom. The molecule has 0 radical (unpaired) electrons. The highest BCUT2D eigenvalue weighted by molar-refractivity contribution is 6.88. The Labute approximate surface area is 179 Å². The average molecular weight is 491 g/mol. The van der Waals surface area contributed by atoms with E-state index in [0.717, 1.165) is 0 Å². The summed E-state index contributed by atoms with van der Waals surface area (Å²) in [5.74, 6) is 0. The molecule has 13 heteroatoms. The summed E-state index contributed by atoms with van der Waals surface area (Å²) in [7, 11) is -12.2. The molecule has 0 heterocycles. The van der Waals surface area contributed by atoms with E-state index in [1.807, 2.05) is 13.1 Å². The van der Waals surface area contributed by atoms with Gasteiger partial charge in [0.15, 0.2) is 0 Å². The van der Waals surface area contributed by atoms with Crippen LogP contribution in [0, 0.1) is 0 Å². The normalized spacial score (nSPS) is 20.5. The van der Waals surface area contributed by atoms with Crippen molar-refractivity contribution in [1.82, 2.24) is 0 Å². The Hall–Kier alpha value is 0.508. The highest BCUT2D eigenvalue weighted by Gasteiger charge is 2.49. The Balaban J connectivity index is 5.56. The van der Waals surface area contributed by atoms with Gasteiger partial charge >= 0.3 is 34.2 Å². The molecule has 0 spiro atoms. The van der Waals surface area contributed by atoms with Gasteiger partial charge in [-0.3, -0.25) is 0 Å². The van der Waals surface area contributed by atoms with Gasteiger partial charge in [-0.05, 0) is 76.0 Å². The molecule has 0 aliphatic heterocycles. The SMILES string of the molecule is C[Si](O)(CCCO)O[Si](C)(CCCO)O[Si](C)(CCCO)O[Si](C)(O)CCCO. The number of rotatable bonds is 18. The van der Waals surface area contributed by atoms with Crippen molar-refractivity contribution >= 4 is 34.2 Å². The lowest BCUT2D eigenvalue weighted by Crippen LogP contribution is -2.60. The Kier molecular flexibility index (Phi) is 14.1. The Morgan fingerprint density at radius 3 is 1.03 bits per heavy atom. The number of hydrogen-bond donors (Lipinski definition) is 6. The molecule has 29 heavy (non-hydrogen) atoms. The van der Waals surface area contributed by atoms with E-state index in [4.69, 9.17) is 22.6 Å². The lowest BCUT2D eigenvalue weighted by molar-refractivity contribution is 0.239. The van der Waals surface area contributed by atoms with Crippen LogP contribution in [-0.2, 0) is 12.3 Å². The van der Waals surface area contributed by atoms with Crippen molar-refractivity contribution < 1.29 is 42.4 Å². The second-order valence-corrected chi connectivity index (χ2v) is 21.9. The smallest absolute Gasteiger partial charge is 0.323 e. The lowest BCUT2D eigenvalue weighted by Gasteiger charge is -2.42. The first-order valence-electron chi connectivity index (χ1n) is 10.4. The molecule has 0 rings (SSSR count). The van der Waals surface area contributed by atoms with E-state index in [-0.39, 0.29) is 26.4 Å². The van der Waals surface area contributed by atoms with Crippen molar-refractivity contribution in [2.75, 3.05) is 26.4 Å². The van der Waals surface area contributed by atoms with Gasteiger partial charge in [0, 0.05) is 26.4 Å². The van der Waals surface area contributed by atoms with Gasteiger partial charge in [-0.1, -0.05) is 0 Å². The lowest BCUT2D eigenvalue weighted by atomic mass is 10.5. The van der Waals surface area contributed by atoms with Gasteiger partial charge in [0.1, 0.15) is 0 Å².